The van der Waals surface area contributed by atoms with Gasteiger partial charge in [-0.25, -0.2) is 0 Å². The Morgan fingerprint density at radius 1 is 0.357 bits per heavy atom. The van der Waals surface area contributed by atoms with Gasteiger partial charge in [0.15, 0.2) is 0 Å². The van der Waals surface area contributed by atoms with Crippen molar-refractivity contribution in [2.75, 3.05) is 14.7 Å². The zero-order chi connectivity index (χ0) is 58.9. The first-order chi connectivity index (χ1) is 39.9. The van der Waals surface area contributed by atoms with Crippen LogP contribution >= 0.6 is 0 Å². The molecule has 0 unspecified atom stereocenters. The second-order valence-electron chi connectivity index (χ2n) is 28.2. The van der Waals surface area contributed by atoms with Gasteiger partial charge >= 0.3 is 0 Å². The molecule has 10 aromatic carbocycles. The number of aryl methyl sites for hydroxylation is 3. The zero-order valence-corrected chi connectivity index (χ0v) is 52.0. The molecule has 13 rings (SSSR count). The molecule has 0 saturated heterocycles. The van der Waals surface area contributed by atoms with E-state index in [0.29, 0.717) is 0 Å². The number of para-hydroxylation sites is 2. The number of benzene rings is 10. The molecule has 2 aliphatic rings. The van der Waals surface area contributed by atoms with Gasteiger partial charge in [-0.1, -0.05) is 204 Å². The number of aromatic nitrogens is 1. The molecule has 418 valence electrons. The number of fused-ring (bicyclic) bond motifs is 7. The van der Waals surface area contributed by atoms with Crippen LogP contribution in [0.5, 0.6) is 0 Å². The summed E-state index contributed by atoms with van der Waals surface area (Å²) < 4.78 is 2.45. The van der Waals surface area contributed by atoms with Crippen molar-refractivity contribution in [3.63, 3.8) is 0 Å². The number of rotatable bonds is 7. The maximum absolute atomic E-state index is 2.65. The molecule has 11 aromatic rings. The van der Waals surface area contributed by atoms with Crippen molar-refractivity contribution in [3.05, 3.63) is 245 Å². The maximum atomic E-state index is 2.65. The predicted octanol–water partition coefficient (Wildman–Crippen LogP) is 20.1. The second kappa shape index (κ2) is 19.8. The molecule has 0 bridgehead atoms. The monoisotopic (exact) mass is 1090 g/mol. The molecule has 0 radical (unpaired) electrons. The molecule has 0 fully saturated rings. The normalized spacial score (nSPS) is 13.3. The highest BCUT2D eigenvalue weighted by molar-refractivity contribution is 7.00. The molecule has 0 spiro atoms. The van der Waals surface area contributed by atoms with E-state index in [2.05, 4.69) is 329 Å². The third-order valence-electron chi connectivity index (χ3n) is 18.0. The lowest BCUT2D eigenvalue weighted by atomic mass is 9.33. The molecule has 0 atom stereocenters. The van der Waals surface area contributed by atoms with E-state index in [1.165, 1.54) is 117 Å². The van der Waals surface area contributed by atoms with Gasteiger partial charge < -0.3 is 19.3 Å². The summed E-state index contributed by atoms with van der Waals surface area (Å²) in [4.78, 5) is 7.77. The molecule has 0 amide bonds. The van der Waals surface area contributed by atoms with E-state index >= 15 is 0 Å². The Hall–Kier alpha value is -8.54. The maximum Gasteiger partial charge on any atom is 0.252 e. The molecule has 0 N–H and O–H groups in total. The van der Waals surface area contributed by atoms with Crippen molar-refractivity contribution < 1.29 is 0 Å². The van der Waals surface area contributed by atoms with Gasteiger partial charge in [0.25, 0.3) is 6.71 Å². The molecule has 0 aliphatic carbocycles. The van der Waals surface area contributed by atoms with Crippen LogP contribution in [0.3, 0.4) is 0 Å². The molecule has 1 aromatic heterocycles. The summed E-state index contributed by atoms with van der Waals surface area (Å²) in [5, 5.41) is 2.47. The second-order valence-corrected chi connectivity index (χ2v) is 28.2. The van der Waals surface area contributed by atoms with Crippen molar-refractivity contribution >= 4 is 96.1 Å². The Bertz CT molecular complexity index is 4360. The quantitative estimate of drug-likeness (QED) is 0.148. The minimum atomic E-state index is -0.0799. The van der Waals surface area contributed by atoms with Gasteiger partial charge in [0.2, 0.25) is 0 Å². The third-order valence-corrected chi connectivity index (χ3v) is 18.0. The van der Waals surface area contributed by atoms with Gasteiger partial charge in [0.1, 0.15) is 0 Å². The van der Waals surface area contributed by atoms with Crippen molar-refractivity contribution in [2.24, 2.45) is 0 Å². The van der Waals surface area contributed by atoms with E-state index in [1.807, 2.05) is 0 Å². The lowest BCUT2D eigenvalue weighted by Crippen LogP contribution is -2.61. The Kier molecular flexibility index (Phi) is 12.9. The molecular formula is C79H79BN4. The van der Waals surface area contributed by atoms with Gasteiger partial charge in [0, 0.05) is 61.8 Å². The average Bonchev–Trinajstić information content (AvgIpc) is 1.06. The standard InChI is InChI=1S/C79H79BN4/c1-50-42-72-74-73(43-50)84(68-40-32-55(77(7,8)9)46-64(68)53-24-18-16-19-25-53)71-49-61(37-39-65(71)80(74)66-47-56(78(10,11)12)33-41-69(66)83(72)59-34-30-54(31-35-59)76(4,5)6)81(75-51(2)44-57(45-52(75)3)79(13,14)15)60-36-38-63-62-28-22-23-29-67(62)82(70(63)48-60)58-26-20-17-21-27-58/h16-49H,1-15H3. The first-order valence-corrected chi connectivity index (χ1v) is 30.3. The van der Waals surface area contributed by atoms with Crippen LogP contribution in [0.2, 0.25) is 0 Å². The minimum Gasteiger partial charge on any atom is -0.311 e. The predicted molar refractivity (Wildman–Crippen MR) is 364 cm³/mol. The van der Waals surface area contributed by atoms with E-state index in [-0.39, 0.29) is 28.4 Å². The van der Waals surface area contributed by atoms with Gasteiger partial charge in [-0.05, 0) is 188 Å². The van der Waals surface area contributed by atoms with Gasteiger partial charge in [-0.2, -0.15) is 0 Å². The summed E-state index contributed by atoms with van der Waals surface area (Å²) in [6, 6.07) is 79.1. The Labute approximate surface area is 500 Å². The molecule has 0 saturated carbocycles. The van der Waals surface area contributed by atoms with Crippen molar-refractivity contribution in [3.8, 4) is 16.8 Å². The Balaban J connectivity index is 1.14. The third kappa shape index (κ3) is 9.23. The summed E-state index contributed by atoms with van der Waals surface area (Å²) >= 11 is 0. The van der Waals surface area contributed by atoms with Crippen LogP contribution in [0.25, 0.3) is 38.6 Å². The fourth-order valence-electron chi connectivity index (χ4n) is 13.5. The molecule has 4 nitrogen and oxygen atoms in total. The summed E-state index contributed by atoms with van der Waals surface area (Å²) in [7, 11) is 0. The highest BCUT2D eigenvalue weighted by atomic mass is 15.2. The highest BCUT2D eigenvalue weighted by Crippen LogP contribution is 2.51. The first-order valence-electron chi connectivity index (χ1n) is 30.3. The highest BCUT2D eigenvalue weighted by Gasteiger charge is 2.45. The molecular weight excluding hydrogens is 1020 g/mol. The summed E-state index contributed by atoms with van der Waals surface area (Å²) in [6.07, 6.45) is 0. The van der Waals surface area contributed by atoms with Crippen LogP contribution in [0.15, 0.2) is 206 Å². The topological polar surface area (TPSA) is 14.7 Å². The number of hydrogen-bond acceptors (Lipinski definition) is 3. The van der Waals surface area contributed by atoms with Crippen molar-refractivity contribution in [1.82, 2.24) is 4.57 Å². The smallest absolute Gasteiger partial charge is 0.252 e. The average molecular weight is 1100 g/mol. The van der Waals surface area contributed by atoms with Crippen LogP contribution in [-0.2, 0) is 21.7 Å². The first kappa shape index (κ1) is 54.7. The Morgan fingerprint density at radius 2 is 0.893 bits per heavy atom. The molecule has 2 aliphatic heterocycles. The SMILES string of the molecule is Cc1cc2c3c(c1)N(c1ccc(C(C)(C)C)cc1-c1ccccc1)c1cc(N(c4ccc5c6ccccc6n(-c6ccccc6)c5c4)c4c(C)cc(C(C)(C)C)cc4C)ccc1B3c1cc(C(C)(C)C)ccc1N2c1ccc(C(C)(C)C)cc1. The summed E-state index contributed by atoms with van der Waals surface area (Å²) in [6.45, 7) is 34.8. The molecule has 84 heavy (non-hydrogen) atoms. The van der Waals surface area contributed by atoms with Gasteiger partial charge in [-0.3, -0.25) is 0 Å². The van der Waals surface area contributed by atoms with E-state index in [4.69, 9.17) is 0 Å². The molecule has 5 heteroatoms. The van der Waals surface area contributed by atoms with Gasteiger partial charge in [0.05, 0.1) is 22.4 Å². The van der Waals surface area contributed by atoms with Crippen LogP contribution in [0.4, 0.5) is 51.2 Å². The number of nitrogens with zero attached hydrogens (tertiary/aromatic N) is 4. The Morgan fingerprint density at radius 3 is 1.54 bits per heavy atom. The lowest BCUT2D eigenvalue weighted by Gasteiger charge is -2.45. The lowest BCUT2D eigenvalue weighted by molar-refractivity contribution is 0.589. The van der Waals surface area contributed by atoms with Crippen LogP contribution in [-0.4, -0.2) is 11.3 Å². The summed E-state index contributed by atoms with van der Waals surface area (Å²) in [5.74, 6) is 0. The fourth-order valence-corrected chi connectivity index (χ4v) is 13.5. The number of anilines is 9. The van der Waals surface area contributed by atoms with Crippen LogP contribution in [0, 0.1) is 20.8 Å². The van der Waals surface area contributed by atoms with E-state index < -0.39 is 0 Å². The van der Waals surface area contributed by atoms with Crippen LogP contribution < -0.4 is 31.1 Å². The van der Waals surface area contributed by atoms with E-state index in [1.54, 1.807) is 0 Å². The number of hydrogen-bond donors (Lipinski definition) is 0. The largest absolute Gasteiger partial charge is 0.311 e. The minimum absolute atomic E-state index is 0.0212. The van der Waals surface area contributed by atoms with Crippen molar-refractivity contribution in [1.29, 1.82) is 0 Å². The molecule has 3 heterocycles. The fraction of sp³-hybridized carbons (Fsp3) is 0.241. The van der Waals surface area contributed by atoms with E-state index in [9.17, 15) is 0 Å². The van der Waals surface area contributed by atoms with E-state index in [0.717, 1.165) is 28.4 Å². The van der Waals surface area contributed by atoms with Crippen LogP contribution in [0.1, 0.15) is 122 Å². The van der Waals surface area contributed by atoms with Gasteiger partial charge in [-0.15, -0.1) is 0 Å². The van der Waals surface area contributed by atoms with Crippen molar-refractivity contribution in [2.45, 2.75) is 126 Å². The zero-order valence-electron chi connectivity index (χ0n) is 52.0. The summed E-state index contributed by atoms with van der Waals surface area (Å²) in [5.41, 5.74) is 29.1.